The SMILES string of the molecule is CSCCC1(CNC(C)C)CCC(C(C)(C)C)CC1. The summed E-state index contributed by atoms with van der Waals surface area (Å²) in [6.07, 6.45) is 9.34. The molecule has 0 aromatic rings. The van der Waals surface area contributed by atoms with Crippen LogP contribution in [0, 0.1) is 16.7 Å². The predicted octanol–water partition coefficient (Wildman–Crippen LogP) is 4.96. The van der Waals surface area contributed by atoms with Crippen LogP contribution in [-0.2, 0) is 0 Å². The second kappa shape index (κ2) is 7.36. The number of nitrogens with one attached hydrogen (secondary N) is 1. The van der Waals surface area contributed by atoms with E-state index in [1.165, 1.54) is 44.4 Å². The van der Waals surface area contributed by atoms with E-state index in [0.717, 1.165) is 5.92 Å². The zero-order chi connectivity index (χ0) is 14.5. The molecular formula is C17H35NS. The predicted molar refractivity (Wildman–Crippen MR) is 90.0 cm³/mol. The Morgan fingerprint density at radius 2 is 1.79 bits per heavy atom. The van der Waals surface area contributed by atoms with Crippen LogP contribution in [-0.4, -0.2) is 24.6 Å². The Bertz CT molecular complexity index is 246. The van der Waals surface area contributed by atoms with Crippen LogP contribution in [0.3, 0.4) is 0 Å². The van der Waals surface area contributed by atoms with Gasteiger partial charge in [-0.2, -0.15) is 11.8 Å². The molecule has 0 radical (unpaired) electrons. The summed E-state index contributed by atoms with van der Waals surface area (Å²) < 4.78 is 0. The Morgan fingerprint density at radius 3 is 2.21 bits per heavy atom. The van der Waals surface area contributed by atoms with Gasteiger partial charge < -0.3 is 5.32 Å². The summed E-state index contributed by atoms with van der Waals surface area (Å²) in [6, 6.07) is 0.617. The van der Waals surface area contributed by atoms with E-state index >= 15 is 0 Å². The maximum atomic E-state index is 3.71. The lowest BCUT2D eigenvalue weighted by atomic mass is 9.63. The highest BCUT2D eigenvalue weighted by Gasteiger charge is 2.38. The van der Waals surface area contributed by atoms with E-state index in [1.807, 2.05) is 11.8 Å². The monoisotopic (exact) mass is 285 g/mol. The fourth-order valence-electron chi connectivity index (χ4n) is 3.35. The summed E-state index contributed by atoms with van der Waals surface area (Å²) in [6.45, 7) is 13.0. The molecule has 1 saturated carbocycles. The quantitative estimate of drug-likeness (QED) is 0.740. The molecule has 2 heteroatoms. The number of hydrogen-bond acceptors (Lipinski definition) is 2. The van der Waals surface area contributed by atoms with Gasteiger partial charge in [-0.05, 0) is 60.9 Å². The van der Waals surface area contributed by atoms with Gasteiger partial charge in [0, 0.05) is 12.6 Å². The molecule has 0 atom stereocenters. The molecule has 0 aromatic carbocycles. The summed E-state index contributed by atoms with van der Waals surface area (Å²) in [7, 11) is 0. The summed E-state index contributed by atoms with van der Waals surface area (Å²) in [5, 5.41) is 3.71. The van der Waals surface area contributed by atoms with Gasteiger partial charge in [0.1, 0.15) is 0 Å². The van der Waals surface area contributed by atoms with Crippen molar-refractivity contribution in [3.63, 3.8) is 0 Å². The van der Waals surface area contributed by atoms with Crippen molar-refractivity contribution in [2.45, 2.75) is 72.8 Å². The Kier molecular flexibility index (Phi) is 6.72. The maximum absolute atomic E-state index is 3.71. The summed E-state index contributed by atoms with van der Waals surface area (Å²) in [5.74, 6) is 2.24. The van der Waals surface area contributed by atoms with Gasteiger partial charge in [0.05, 0.1) is 0 Å². The third-order valence-electron chi connectivity index (χ3n) is 4.99. The minimum Gasteiger partial charge on any atom is -0.314 e. The fourth-order valence-corrected chi connectivity index (χ4v) is 3.99. The van der Waals surface area contributed by atoms with Gasteiger partial charge in [-0.15, -0.1) is 0 Å². The van der Waals surface area contributed by atoms with E-state index in [2.05, 4.69) is 46.2 Å². The lowest BCUT2D eigenvalue weighted by Crippen LogP contribution is -2.42. The first-order valence-electron chi connectivity index (χ1n) is 8.01. The van der Waals surface area contributed by atoms with Crippen molar-refractivity contribution in [2.24, 2.45) is 16.7 Å². The first-order valence-corrected chi connectivity index (χ1v) is 9.41. The van der Waals surface area contributed by atoms with Crippen LogP contribution in [0.1, 0.15) is 66.7 Å². The molecule has 0 unspecified atom stereocenters. The molecule has 114 valence electrons. The lowest BCUT2D eigenvalue weighted by Gasteiger charge is -2.45. The third-order valence-corrected chi connectivity index (χ3v) is 5.61. The van der Waals surface area contributed by atoms with Gasteiger partial charge in [0.2, 0.25) is 0 Å². The van der Waals surface area contributed by atoms with Crippen molar-refractivity contribution in [2.75, 3.05) is 18.6 Å². The van der Waals surface area contributed by atoms with Gasteiger partial charge in [-0.1, -0.05) is 34.6 Å². The normalized spacial score (nSPS) is 28.9. The van der Waals surface area contributed by atoms with E-state index in [1.54, 1.807) is 0 Å². The zero-order valence-corrected chi connectivity index (χ0v) is 14.8. The van der Waals surface area contributed by atoms with Crippen molar-refractivity contribution in [1.82, 2.24) is 5.32 Å². The summed E-state index contributed by atoms with van der Waals surface area (Å²) >= 11 is 2.01. The minimum absolute atomic E-state index is 0.497. The largest absolute Gasteiger partial charge is 0.314 e. The summed E-state index contributed by atoms with van der Waals surface area (Å²) in [4.78, 5) is 0. The van der Waals surface area contributed by atoms with Crippen molar-refractivity contribution >= 4 is 11.8 Å². The molecule has 1 aliphatic carbocycles. The molecule has 0 saturated heterocycles. The molecule has 1 nitrogen and oxygen atoms in total. The fraction of sp³-hybridized carbons (Fsp3) is 1.00. The van der Waals surface area contributed by atoms with Crippen LogP contribution in [0.25, 0.3) is 0 Å². The molecule has 1 N–H and O–H groups in total. The van der Waals surface area contributed by atoms with E-state index < -0.39 is 0 Å². The molecule has 1 fully saturated rings. The highest BCUT2D eigenvalue weighted by atomic mass is 32.2. The number of thioether (sulfide) groups is 1. The van der Waals surface area contributed by atoms with Gasteiger partial charge >= 0.3 is 0 Å². The molecule has 0 bridgehead atoms. The minimum atomic E-state index is 0.497. The first kappa shape index (κ1) is 17.4. The molecule has 1 aliphatic rings. The number of rotatable bonds is 6. The van der Waals surface area contributed by atoms with Gasteiger partial charge in [-0.3, -0.25) is 0 Å². The Balaban J connectivity index is 2.58. The van der Waals surface area contributed by atoms with Crippen molar-refractivity contribution < 1.29 is 0 Å². The first-order chi connectivity index (χ1) is 8.79. The van der Waals surface area contributed by atoms with E-state index in [9.17, 15) is 0 Å². The third kappa shape index (κ3) is 5.67. The van der Waals surface area contributed by atoms with E-state index in [4.69, 9.17) is 0 Å². The lowest BCUT2D eigenvalue weighted by molar-refractivity contribution is 0.0826. The smallest absolute Gasteiger partial charge is 0.00106 e. The van der Waals surface area contributed by atoms with Gasteiger partial charge in [-0.25, -0.2) is 0 Å². The van der Waals surface area contributed by atoms with E-state index in [-0.39, 0.29) is 0 Å². The highest BCUT2D eigenvalue weighted by molar-refractivity contribution is 7.98. The molecule has 0 aliphatic heterocycles. The van der Waals surface area contributed by atoms with Crippen LogP contribution >= 0.6 is 11.8 Å². The Hall–Kier alpha value is 0.310. The van der Waals surface area contributed by atoms with Crippen LogP contribution < -0.4 is 5.32 Å². The molecule has 0 spiro atoms. The Morgan fingerprint density at radius 1 is 1.21 bits per heavy atom. The van der Waals surface area contributed by atoms with Crippen LogP contribution in [0.5, 0.6) is 0 Å². The van der Waals surface area contributed by atoms with Gasteiger partial charge in [0.15, 0.2) is 0 Å². The average molecular weight is 286 g/mol. The molecule has 0 aromatic heterocycles. The zero-order valence-electron chi connectivity index (χ0n) is 14.0. The molecule has 0 amide bonds. The average Bonchev–Trinajstić information content (AvgIpc) is 2.34. The topological polar surface area (TPSA) is 12.0 Å². The van der Waals surface area contributed by atoms with Crippen molar-refractivity contribution in [3.8, 4) is 0 Å². The maximum Gasteiger partial charge on any atom is 0.00106 e. The second-order valence-electron chi connectivity index (χ2n) is 7.92. The van der Waals surface area contributed by atoms with Crippen LogP contribution in [0.4, 0.5) is 0 Å². The van der Waals surface area contributed by atoms with E-state index in [0.29, 0.717) is 16.9 Å². The molecule has 1 rings (SSSR count). The van der Waals surface area contributed by atoms with Gasteiger partial charge in [0.25, 0.3) is 0 Å². The highest BCUT2D eigenvalue weighted by Crippen LogP contribution is 2.47. The Labute approximate surface area is 125 Å². The van der Waals surface area contributed by atoms with Crippen molar-refractivity contribution in [3.05, 3.63) is 0 Å². The molecule has 19 heavy (non-hydrogen) atoms. The molecular weight excluding hydrogens is 250 g/mol. The second-order valence-corrected chi connectivity index (χ2v) is 8.90. The molecule has 0 heterocycles. The van der Waals surface area contributed by atoms with Crippen LogP contribution in [0.15, 0.2) is 0 Å². The standard InChI is InChI=1S/C17H35NS/c1-14(2)18-13-17(11-12-19-6)9-7-15(8-10-17)16(3,4)5/h14-15,18H,7-13H2,1-6H3. The summed E-state index contributed by atoms with van der Waals surface area (Å²) in [5.41, 5.74) is 1.08. The number of hydrogen-bond donors (Lipinski definition) is 1. The van der Waals surface area contributed by atoms with Crippen LogP contribution in [0.2, 0.25) is 0 Å². The van der Waals surface area contributed by atoms with Crippen molar-refractivity contribution in [1.29, 1.82) is 0 Å².